The first-order valence-electron chi connectivity index (χ1n) is 12.3. The summed E-state index contributed by atoms with van der Waals surface area (Å²) in [4.78, 5) is 29.0. The molecule has 0 spiro atoms. The number of carbonyl (C=O) groups is 2. The molecule has 37 heavy (non-hydrogen) atoms. The summed E-state index contributed by atoms with van der Waals surface area (Å²) >= 11 is 6.12. The van der Waals surface area contributed by atoms with Gasteiger partial charge in [-0.15, -0.1) is 0 Å². The molecule has 1 N–H and O–H groups in total. The van der Waals surface area contributed by atoms with Crippen molar-refractivity contribution >= 4 is 29.3 Å². The van der Waals surface area contributed by atoms with E-state index in [-0.39, 0.29) is 12.1 Å². The Balaban J connectivity index is 1.36. The Kier molecular flexibility index (Phi) is 9.17. The predicted molar refractivity (Wildman–Crippen MR) is 145 cm³/mol. The third kappa shape index (κ3) is 7.32. The van der Waals surface area contributed by atoms with Crippen LogP contribution in [0, 0.1) is 6.92 Å². The minimum Gasteiger partial charge on any atom is -0.465 e. The second-order valence-corrected chi connectivity index (χ2v) is 9.53. The van der Waals surface area contributed by atoms with Gasteiger partial charge in [-0.25, -0.2) is 9.59 Å². The SMILES string of the molecule is COC(=O)c1ccccc1NC(=O)N1CCN(C[C@@H](OCc2cccc(C)c2)c2ccc(Cl)cc2)CC1. The highest BCUT2D eigenvalue weighted by atomic mass is 35.5. The van der Waals surface area contributed by atoms with E-state index >= 15 is 0 Å². The van der Waals surface area contributed by atoms with Gasteiger partial charge in [0.1, 0.15) is 0 Å². The van der Waals surface area contributed by atoms with Gasteiger partial charge in [0.2, 0.25) is 0 Å². The minimum atomic E-state index is -0.486. The largest absolute Gasteiger partial charge is 0.465 e. The van der Waals surface area contributed by atoms with Crippen LogP contribution >= 0.6 is 11.6 Å². The van der Waals surface area contributed by atoms with E-state index in [4.69, 9.17) is 21.1 Å². The molecule has 194 valence electrons. The number of anilines is 1. The molecular weight excluding hydrogens is 490 g/mol. The van der Waals surface area contributed by atoms with Crippen molar-refractivity contribution in [3.63, 3.8) is 0 Å². The number of esters is 1. The summed E-state index contributed by atoms with van der Waals surface area (Å²) in [5.74, 6) is -0.486. The fraction of sp³-hybridized carbons (Fsp3) is 0.310. The van der Waals surface area contributed by atoms with Crippen molar-refractivity contribution in [2.75, 3.05) is 45.2 Å². The number of piperazine rings is 1. The smallest absolute Gasteiger partial charge is 0.339 e. The molecule has 0 aromatic heterocycles. The van der Waals surface area contributed by atoms with Gasteiger partial charge in [0, 0.05) is 37.7 Å². The fourth-order valence-corrected chi connectivity index (χ4v) is 4.50. The minimum absolute atomic E-state index is 0.134. The number of amides is 2. The maximum absolute atomic E-state index is 12.9. The van der Waals surface area contributed by atoms with Crippen molar-refractivity contribution in [2.45, 2.75) is 19.6 Å². The number of methoxy groups -OCH3 is 1. The quantitative estimate of drug-likeness (QED) is 0.394. The average Bonchev–Trinajstić information content (AvgIpc) is 2.92. The second-order valence-electron chi connectivity index (χ2n) is 9.10. The number of ether oxygens (including phenoxy) is 2. The lowest BCUT2D eigenvalue weighted by atomic mass is 10.1. The van der Waals surface area contributed by atoms with E-state index in [2.05, 4.69) is 35.3 Å². The standard InChI is InChI=1S/C29H32ClN3O4/c1-21-6-5-7-22(18-21)20-37-27(23-10-12-24(30)13-11-23)19-32-14-16-33(17-15-32)29(35)31-26-9-4-3-8-25(26)28(34)36-2/h3-13,18,27H,14-17,19-20H2,1-2H3,(H,31,35)/t27-/m1/s1. The number of aryl methyl sites for hydroxylation is 1. The van der Waals surface area contributed by atoms with Crippen molar-refractivity contribution in [2.24, 2.45) is 0 Å². The van der Waals surface area contributed by atoms with Gasteiger partial charge in [-0.05, 0) is 42.3 Å². The van der Waals surface area contributed by atoms with E-state index < -0.39 is 5.97 Å². The topological polar surface area (TPSA) is 71.1 Å². The van der Waals surface area contributed by atoms with Crippen LogP contribution in [0.3, 0.4) is 0 Å². The molecule has 0 unspecified atom stereocenters. The summed E-state index contributed by atoms with van der Waals surface area (Å²) in [7, 11) is 1.32. The molecule has 0 aliphatic carbocycles. The molecule has 3 aromatic carbocycles. The number of halogens is 1. The number of hydrogen-bond donors (Lipinski definition) is 1. The van der Waals surface area contributed by atoms with E-state index in [1.54, 1.807) is 29.2 Å². The number of benzene rings is 3. The highest BCUT2D eigenvalue weighted by Gasteiger charge is 2.25. The normalized spacial score (nSPS) is 14.7. The van der Waals surface area contributed by atoms with Crippen LogP contribution in [-0.2, 0) is 16.1 Å². The molecule has 1 fully saturated rings. The molecule has 1 heterocycles. The summed E-state index contributed by atoms with van der Waals surface area (Å²) in [5, 5.41) is 3.55. The van der Waals surface area contributed by atoms with Crippen LogP contribution in [0.1, 0.15) is 33.2 Å². The molecular formula is C29H32ClN3O4. The second kappa shape index (κ2) is 12.7. The number of nitrogens with one attached hydrogen (secondary N) is 1. The summed E-state index contributed by atoms with van der Waals surface area (Å²) in [6, 6.07) is 22.7. The summed E-state index contributed by atoms with van der Waals surface area (Å²) in [5.41, 5.74) is 4.17. The van der Waals surface area contributed by atoms with Gasteiger partial charge in [-0.2, -0.15) is 0 Å². The monoisotopic (exact) mass is 521 g/mol. The summed E-state index contributed by atoms with van der Waals surface area (Å²) < 4.78 is 11.2. The van der Waals surface area contributed by atoms with E-state index in [0.29, 0.717) is 55.6 Å². The van der Waals surface area contributed by atoms with Crippen LogP contribution < -0.4 is 5.32 Å². The first-order chi connectivity index (χ1) is 17.9. The summed E-state index contributed by atoms with van der Waals surface area (Å²) in [6.07, 6.45) is -0.134. The van der Waals surface area contributed by atoms with Crippen molar-refractivity contribution in [3.05, 3.63) is 100 Å². The molecule has 4 rings (SSSR count). The van der Waals surface area contributed by atoms with Gasteiger partial charge < -0.3 is 19.7 Å². The first-order valence-corrected chi connectivity index (χ1v) is 12.7. The number of hydrogen-bond acceptors (Lipinski definition) is 5. The maximum atomic E-state index is 12.9. The molecule has 2 amide bonds. The lowest BCUT2D eigenvalue weighted by Gasteiger charge is -2.36. The molecule has 0 radical (unpaired) electrons. The van der Waals surface area contributed by atoms with Crippen LogP contribution in [-0.4, -0.2) is 61.6 Å². The molecule has 7 nitrogen and oxygen atoms in total. The number of carbonyl (C=O) groups excluding carboxylic acids is 2. The zero-order chi connectivity index (χ0) is 26.2. The van der Waals surface area contributed by atoms with Crippen LogP contribution in [0.4, 0.5) is 10.5 Å². The van der Waals surface area contributed by atoms with E-state index in [1.807, 2.05) is 30.3 Å². The molecule has 0 bridgehead atoms. The van der Waals surface area contributed by atoms with E-state index in [9.17, 15) is 9.59 Å². The Labute approximate surface area is 222 Å². The Morgan fingerprint density at radius 2 is 1.70 bits per heavy atom. The Morgan fingerprint density at radius 1 is 0.973 bits per heavy atom. The highest BCUT2D eigenvalue weighted by molar-refractivity contribution is 6.30. The number of rotatable bonds is 8. The molecule has 1 aliphatic rings. The Bertz CT molecular complexity index is 1210. The fourth-order valence-electron chi connectivity index (χ4n) is 4.37. The molecule has 1 aliphatic heterocycles. The zero-order valence-electron chi connectivity index (χ0n) is 21.2. The van der Waals surface area contributed by atoms with Crippen LogP contribution in [0.25, 0.3) is 0 Å². The van der Waals surface area contributed by atoms with Gasteiger partial charge in [-0.1, -0.05) is 65.7 Å². The Hall–Kier alpha value is -3.39. The van der Waals surface area contributed by atoms with Crippen molar-refractivity contribution in [1.82, 2.24) is 9.80 Å². The first kappa shape index (κ1) is 26.7. The van der Waals surface area contributed by atoms with Crippen molar-refractivity contribution < 1.29 is 19.1 Å². The molecule has 1 saturated heterocycles. The lowest BCUT2D eigenvalue weighted by Crippen LogP contribution is -2.51. The molecule has 3 aromatic rings. The van der Waals surface area contributed by atoms with Gasteiger partial charge in [0.05, 0.1) is 31.1 Å². The van der Waals surface area contributed by atoms with E-state index in [1.165, 1.54) is 12.7 Å². The maximum Gasteiger partial charge on any atom is 0.339 e. The predicted octanol–water partition coefficient (Wildman–Crippen LogP) is 5.54. The highest BCUT2D eigenvalue weighted by Crippen LogP contribution is 2.24. The molecule has 8 heteroatoms. The number of nitrogens with zero attached hydrogens (tertiary/aromatic N) is 2. The van der Waals surface area contributed by atoms with Crippen LogP contribution in [0.2, 0.25) is 5.02 Å². The molecule has 1 atom stereocenters. The van der Waals surface area contributed by atoms with Crippen LogP contribution in [0.15, 0.2) is 72.8 Å². The molecule has 0 saturated carbocycles. The third-order valence-corrected chi connectivity index (χ3v) is 6.68. The van der Waals surface area contributed by atoms with Crippen molar-refractivity contribution in [1.29, 1.82) is 0 Å². The van der Waals surface area contributed by atoms with Crippen LogP contribution in [0.5, 0.6) is 0 Å². The lowest BCUT2D eigenvalue weighted by molar-refractivity contribution is 0.00592. The van der Waals surface area contributed by atoms with Gasteiger partial charge in [-0.3, -0.25) is 4.90 Å². The van der Waals surface area contributed by atoms with Crippen molar-refractivity contribution in [3.8, 4) is 0 Å². The number of para-hydroxylation sites is 1. The average molecular weight is 522 g/mol. The Morgan fingerprint density at radius 3 is 2.41 bits per heavy atom. The summed E-state index contributed by atoms with van der Waals surface area (Å²) in [6.45, 7) is 5.84. The van der Waals surface area contributed by atoms with E-state index in [0.717, 1.165) is 11.1 Å². The van der Waals surface area contributed by atoms with Gasteiger partial charge in [0.25, 0.3) is 0 Å². The zero-order valence-corrected chi connectivity index (χ0v) is 21.9. The van der Waals surface area contributed by atoms with Gasteiger partial charge in [0.15, 0.2) is 0 Å². The number of urea groups is 1. The van der Waals surface area contributed by atoms with Gasteiger partial charge >= 0.3 is 12.0 Å². The third-order valence-electron chi connectivity index (χ3n) is 6.43.